The van der Waals surface area contributed by atoms with Crippen molar-refractivity contribution < 1.29 is 19.4 Å². The van der Waals surface area contributed by atoms with Gasteiger partial charge in [0.05, 0.1) is 17.0 Å². The average molecular weight is 405 g/mol. The summed E-state index contributed by atoms with van der Waals surface area (Å²) in [6, 6.07) is 10.3. The van der Waals surface area contributed by atoms with Gasteiger partial charge in [-0.05, 0) is 58.2 Å². The number of aromatic carboxylic acids is 1. The van der Waals surface area contributed by atoms with Crippen LogP contribution in [-0.4, -0.2) is 19.2 Å². The third kappa shape index (κ3) is 5.26. The number of ether oxygens (including phenoxy) is 2. The van der Waals surface area contributed by atoms with Crippen molar-refractivity contribution >= 4 is 27.6 Å². The number of halogens is 1. The molecule has 0 aliphatic carbocycles. The molecule has 0 bridgehead atoms. The van der Waals surface area contributed by atoms with Gasteiger partial charge in [0.1, 0.15) is 6.61 Å². The lowest BCUT2D eigenvalue weighted by Crippen LogP contribution is -2.21. The molecule has 0 aromatic heterocycles. The Labute approximate surface area is 155 Å². The molecular formula is C19H19BrNO4-. The number of nitrogens with one attached hydrogen (secondary N) is 1. The lowest BCUT2D eigenvalue weighted by Gasteiger charge is -2.15. The monoisotopic (exact) mass is 404 g/mol. The number of benzene rings is 2. The molecule has 25 heavy (non-hydrogen) atoms. The van der Waals surface area contributed by atoms with Crippen LogP contribution in [0.3, 0.4) is 0 Å². The van der Waals surface area contributed by atoms with Gasteiger partial charge in [0.2, 0.25) is 0 Å². The molecule has 0 unspecified atom stereocenters. The van der Waals surface area contributed by atoms with Crippen LogP contribution >= 0.6 is 15.9 Å². The van der Waals surface area contributed by atoms with Crippen LogP contribution in [0.15, 0.2) is 53.5 Å². The maximum Gasteiger partial charge on any atom is 0.175 e. The summed E-state index contributed by atoms with van der Waals surface area (Å²) in [7, 11) is 0. The molecule has 0 saturated heterocycles. The molecule has 0 spiro atoms. The minimum absolute atomic E-state index is 0.149. The summed E-state index contributed by atoms with van der Waals surface area (Å²) in [5.74, 6) is 0.110. The van der Waals surface area contributed by atoms with Crippen LogP contribution < -0.4 is 19.9 Å². The molecule has 2 aromatic carbocycles. The molecule has 132 valence electrons. The van der Waals surface area contributed by atoms with Crippen LogP contribution in [0.4, 0.5) is 5.69 Å². The Morgan fingerprint density at radius 1 is 1.28 bits per heavy atom. The van der Waals surface area contributed by atoms with E-state index in [9.17, 15) is 9.90 Å². The number of hydrogen-bond acceptors (Lipinski definition) is 5. The van der Waals surface area contributed by atoms with Crippen LogP contribution in [0, 0.1) is 0 Å². The van der Waals surface area contributed by atoms with Crippen LogP contribution in [0.25, 0.3) is 0 Å². The number of hydrogen-bond donors (Lipinski definition) is 1. The normalized spacial score (nSPS) is 10.2. The topological polar surface area (TPSA) is 70.6 Å². The molecular weight excluding hydrogens is 386 g/mol. The van der Waals surface area contributed by atoms with E-state index in [0.717, 1.165) is 15.7 Å². The van der Waals surface area contributed by atoms with Gasteiger partial charge in [-0.15, -0.1) is 0 Å². The lowest BCUT2D eigenvalue weighted by atomic mass is 10.1. The van der Waals surface area contributed by atoms with E-state index in [0.29, 0.717) is 31.3 Å². The number of anilines is 1. The second-order valence-corrected chi connectivity index (χ2v) is 6.01. The van der Waals surface area contributed by atoms with Crippen LogP contribution in [-0.2, 0) is 6.54 Å². The highest BCUT2D eigenvalue weighted by molar-refractivity contribution is 9.10. The van der Waals surface area contributed by atoms with E-state index >= 15 is 0 Å². The van der Waals surface area contributed by atoms with Gasteiger partial charge in [-0.1, -0.05) is 24.8 Å². The smallest absolute Gasteiger partial charge is 0.175 e. The summed E-state index contributed by atoms with van der Waals surface area (Å²) < 4.78 is 12.1. The summed E-state index contributed by atoms with van der Waals surface area (Å²) in [6.07, 6.45) is 1.67. The number of rotatable bonds is 9. The molecule has 2 rings (SSSR count). The van der Waals surface area contributed by atoms with Crippen molar-refractivity contribution in [2.45, 2.75) is 13.5 Å². The summed E-state index contributed by atoms with van der Waals surface area (Å²) in [5.41, 5.74) is 1.95. The molecule has 1 N–H and O–H groups in total. The molecule has 0 atom stereocenters. The highest BCUT2D eigenvalue weighted by Crippen LogP contribution is 2.37. The van der Waals surface area contributed by atoms with E-state index in [4.69, 9.17) is 9.47 Å². The predicted octanol–water partition coefficient (Wildman–Crippen LogP) is 3.39. The van der Waals surface area contributed by atoms with Crippen LogP contribution in [0.5, 0.6) is 11.5 Å². The molecule has 0 fully saturated rings. The Bertz CT molecular complexity index is 744. The van der Waals surface area contributed by atoms with E-state index < -0.39 is 5.97 Å². The first-order chi connectivity index (χ1) is 12.0. The largest absolute Gasteiger partial charge is 0.545 e. The van der Waals surface area contributed by atoms with Gasteiger partial charge in [0.25, 0.3) is 0 Å². The first kappa shape index (κ1) is 18.9. The lowest BCUT2D eigenvalue weighted by molar-refractivity contribution is -0.255. The molecule has 0 radical (unpaired) electrons. The van der Waals surface area contributed by atoms with Gasteiger partial charge < -0.3 is 24.7 Å². The van der Waals surface area contributed by atoms with Crippen molar-refractivity contribution in [1.29, 1.82) is 0 Å². The standard InChI is InChI=1S/C19H20BrNO4/c1-3-9-25-18-16(20)10-13(11-17(18)24-4-2)12-21-15-7-5-14(6-8-15)19(22)23/h3,5-8,10-11,21H,1,4,9,12H2,2H3,(H,22,23)/p-1. The van der Waals surface area contributed by atoms with Crippen molar-refractivity contribution in [1.82, 2.24) is 0 Å². The van der Waals surface area contributed by atoms with Crippen molar-refractivity contribution in [3.05, 3.63) is 64.7 Å². The van der Waals surface area contributed by atoms with Crippen LogP contribution in [0.2, 0.25) is 0 Å². The van der Waals surface area contributed by atoms with E-state index in [1.807, 2.05) is 19.1 Å². The summed E-state index contributed by atoms with van der Waals surface area (Å²) in [5, 5.41) is 14.0. The summed E-state index contributed by atoms with van der Waals surface area (Å²) in [6.45, 7) is 7.02. The van der Waals surface area contributed by atoms with Crippen molar-refractivity contribution in [2.75, 3.05) is 18.5 Å². The molecule has 0 aliphatic rings. The zero-order valence-electron chi connectivity index (χ0n) is 13.9. The maximum atomic E-state index is 10.8. The average Bonchev–Trinajstić information content (AvgIpc) is 2.60. The van der Waals surface area contributed by atoms with Gasteiger partial charge in [0.15, 0.2) is 11.5 Å². The summed E-state index contributed by atoms with van der Waals surface area (Å²) in [4.78, 5) is 10.8. The molecule has 0 saturated carbocycles. The molecule has 5 nitrogen and oxygen atoms in total. The molecule has 2 aromatic rings. The number of carboxylic acid groups (broad SMARTS) is 1. The summed E-state index contributed by atoms with van der Waals surface area (Å²) >= 11 is 3.51. The first-order valence-electron chi connectivity index (χ1n) is 7.79. The zero-order valence-corrected chi connectivity index (χ0v) is 15.5. The molecule has 0 amide bonds. The van der Waals surface area contributed by atoms with E-state index in [2.05, 4.69) is 27.8 Å². The Morgan fingerprint density at radius 2 is 2.00 bits per heavy atom. The quantitative estimate of drug-likeness (QED) is 0.648. The van der Waals surface area contributed by atoms with E-state index in [-0.39, 0.29) is 5.56 Å². The highest BCUT2D eigenvalue weighted by Gasteiger charge is 2.12. The Hall–Kier alpha value is -2.47. The van der Waals surface area contributed by atoms with Gasteiger partial charge in [0, 0.05) is 12.2 Å². The fourth-order valence-corrected chi connectivity index (χ4v) is 2.80. The SMILES string of the molecule is C=CCOc1c(Br)cc(CNc2ccc(C(=O)[O-])cc2)cc1OCC. The second-order valence-electron chi connectivity index (χ2n) is 5.16. The first-order valence-corrected chi connectivity index (χ1v) is 8.58. The van der Waals surface area contributed by atoms with Crippen molar-refractivity contribution in [3.8, 4) is 11.5 Å². The van der Waals surface area contributed by atoms with E-state index in [1.165, 1.54) is 12.1 Å². The fourth-order valence-electron chi connectivity index (χ4n) is 2.20. The fraction of sp³-hybridized carbons (Fsp3) is 0.211. The van der Waals surface area contributed by atoms with Gasteiger partial charge in [-0.3, -0.25) is 0 Å². The number of carbonyl (C=O) groups excluding carboxylic acids is 1. The zero-order chi connectivity index (χ0) is 18.2. The number of carbonyl (C=O) groups is 1. The third-order valence-electron chi connectivity index (χ3n) is 3.33. The number of carboxylic acids is 1. The minimum Gasteiger partial charge on any atom is -0.545 e. The Balaban J connectivity index is 2.13. The Morgan fingerprint density at radius 3 is 2.60 bits per heavy atom. The predicted molar refractivity (Wildman–Crippen MR) is 99.1 cm³/mol. The second kappa shape index (κ2) is 9.13. The van der Waals surface area contributed by atoms with Gasteiger partial charge >= 0.3 is 0 Å². The third-order valence-corrected chi connectivity index (χ3v) is 3.92. The molecule has 0 heterocycles. The van der Waals surface area contributed by atoms with Crippen molar-refractivity contribution in [2.24, 2.45) is 0 Å². The van der Waals surface area contributed by atoms with E-state index in [1.54, 1.807) is 18.2 Å². The minimum atomic E-state index is -1.19. The van der Waals surface area contributed by atoms with Crippen molar-refractivity contribution in [3.63, 3.8) is 0 Å². The maximum absolute atomic E-state index is 10.8. The molecule has 0 aliphatic heterocycles. The molecule has 6 heteroatoms. The Kier molecular flexibility index (Phi) is 6.89. The highest BCUT2D eigenvalue weighted by atomic mass is 79.9. The van der Waals surface area contributed by atoms with Gasteiger partial charge in [-0.2, -0.15) is 0 Å². The van der Waals surface area contributed by atoms with Crippen LogP contribution in [0.1, 0.15) is 22.8 Å². The van der Waals surface area contributed by atoms with Gasteiger partial charge in [-0.25, -0.2) is 0 Å².